The maximum atomic E-state index is 12.3. The normalized spacial score (nSPS) is 16.4. The molecule has 0 aromatic heterocycles. The molecular formula is C15H19NO4S. The van der Waals surface area contributed by atoms with Crippen molar-refractivity contribution in [2.75, 3.05) is 4.72 Å². The van der Waals surface area contributed by atoms with Crippen LogP contribution in [0, 0.1) is 6.92 Å². The molecule has 0 saturated heterocycles. The fourth-order valence-corrected chi connectivity index (χ4v) is 4.10. The highest BCUT2D eigenvalue weighted by Crippen LogP contribution is 2.27. The molecule has 0 heterocycles. The molecule has 0 spiro atoms. The molecule has 1 fully saturated rings. The van der Waals surface area contributed by atoms with Crippen LogP contribution in [0.4, 0.5) is 5.69 Å². The van der Waals surface area contributed by atoms with Gasteiger partial charge in [0.25, 0.3) is 0 Å². The van der Waals surface area contributed by atoms with Crippen LogP contribution in [0.1, 0.15) is 36.8 Å². The number of benzene rings is 1. The first-order valence-corrected chi connectivity index (χ1v) is 8.46. The van der Waals surface area contributed by atoms with Crippen molar-refractivity contribution < 1.29 is 18.3 Å². The summed E-state index contributed by atoms with van der Waals surface area (Å²) in [4.78, 5) is 10.5. The van der Waals surface area contributed by atoms with Crippen molar-refractivity contribution in [1.82, 2.24) is 0 Å². The zero-order chi connectivity index (χ0) is 15.5. The van der Waals surface area contributed by atoms with Crippen LogP contribution in [0.25, 0.3) is 6.08 Å². The van der Waals surface area contributed by atoms with Crippen LogP contribution in [0.5, 0.6) is 0 Å². The van der Waals surface area contributed by atoms with Gasteiger partial charge >= 0.3 is 5.97 Å². The lowest BCUT2D eigenvalue weighted by Crippen LogP contribution is -2.25. The molecule has 0 radical (unpaired) electrons. The third-order valence-corrected chi connectivity index (χ3v) is 5.53. The van der Waals surface area contributed by atoms with Crippen molar-refractivity contribution in [3.63, 3.8) is 0 Å². The number of hydrogen-bond donors (Lipinski definition) is 2. The van der Waals surface area contributed by atoms with Gasteiger partial charge < -0.3 is 5.11 Å². The van der Waals surface area contributed by atoms with E-state index in [1.54, 1.807) is 18.2 Å². The van der Waals surface area contributed by atoms with Crippen molar-refractivity contribution in [1.29, 1.82) is 0 Å². The van der Waals surface area contributed by atoms with Crippen LogP contribution in [-0.4, -0.2) is 24.7 Å². The Balaban J connectivity index is 2.22. The highest BCUT2D eigenvalue weighted by atomic mass is 32.2. The predicted molar refractivity (Wildman–Crippen MR) is 82.6 cm³/mol. The lowest BCUT2D eigenvalue weighted by molar-refractivity contribution is -0.131. The number of nitrogens with one attached hydrogen (secondary N) is 1. The molecule has 21 heavy (non-hydrogen) atoms. The molecule has 2 rings (SSSR count). The average molecular weight is 309 g/mol. The quantitative estimate of drug-likeness (QED) is 0.819. The van der Waals surface area contributed by atoms with E-state index in [9.17, 15) is 13.2 Å². The molecule has 0 bridgehead atoms. The summed E-state index contributed by atoms with van der Waals surface area (Å²) in [5.74, 6) is -1.04. The van der Waals surface area contributed by atoms with Gasteiger partial charge in [-0.2, -0.15) is 0 Å². The second kappa shape index (κ2) is 6.30. The van der Waals surface area contributed by atoms with E-state index >= 15 is 0 Å². The molecule has 1 aliphatic rings. The fourth-order valence-electron chi connectivity index (χ4n) is 2.46. The summed E-state index contributed by atoms with van der Waals surface area (Å²) < 4.78 is 27.3. The largest absolute Gasteiger partial charge is 0.478 e. The van der Waals surface area contributed by atoms with Gasteiger partial charge in [0.1, 0.15) is 0 Å². The molecule has 0 amide bonds. The van der Waals surface area contributed by atoms with E-state index in [-0.39, 0.29) is 5.25 Å². The summed E-state index contributed by atoms with van der Waals surface area (Å²) in [6.07, 6.45) is 5.77. The van der Waals surface area contributed by atoms with E-state index in [0.717, 1.165) is 24.5 Å². The summed E-state index contributed by atoms with van der Waals surface area (Å²) >= 11 is 0. The molecule has 2 N–H and O–H groups in total. The monoisotopic (exact) mass is 309 g/mol. The molecule has 5 nitrogen and oxygen atoms in total. The first-order valence-electron chi connectivity index (χ1n) is 6.92. The first kappa shape index (κ1) is 15.6. The molecule has 1 aromatic rings. The second-order valence-electron chi connectivity index (χ2n) is 5.30. The number of hydrogen-bond acceptors (Lipinski definition) is 3. The smallest absolute Gasteiger partial charge is 0.328 e. The summed E-state index contributed by atoms with van der Waals surface area (Å²) in [6.45, 7) is 1.82. The van der Waals surface area contributed by atoms with Gasteiger partial charge in [-0.05, 0) is 43.0 Å². The minimum absolute atomic E-state index is 0.324. The van der Waals surface area contributed by atoms with E-state index in [1.165, 1.54) is 6.08 Å². The second-order valence-corrected chi connectivity index (χ2v) is 7.26. The highest BCUT2D eigenvalue weighted by molar-refractivity contribution is 7.93. The van der Waals surface area contributed by atoms with Crippen molar-refractivity contribution in [3.8, 4) is 0 Å². The lowest BCUT2D eigenvalue weighted by atomic mass is 10.1. The summed E-state index contributed by atoms with van der Waals surface area (Å²) in [6, 6.07) is 5.18. The maximum Gasteiger partial charge on any atom is 0.328 e. The van der Waals surface area contributed by atoms with Gasteiger partial charge in [-0.1, -0.05) is 25.0 Å². The number of aliphatic carboxylic acids is 1. The van der Waals surface area contributed by atoms with Gasteiger partial charge in [-0.15, -0.1) is 0 Å². The molecule has 0 atom stereocenters. The Kier molecular flexibility index (Phi) is 4.67. The molecule has 114 valence electrons. The van der Waals surface area contributed by atoms with Crippen molar-refractivity contribution in [2.24, 2.45) is 0 Å². The summed E-state index contributed by atoms with van der Waals surface area (Å²) in [5.41, 5.74) is 1.96. The van der Waals surface area contributed by atoms with Crippen LogP contribution >= 0.6 is 0 Å². The molecular weight excluding hydrogens is 290 g/mol. The third kappa shape index (κ3) is 4.07. The highest BCUT2D eigenvalue weighted by Gasteiger charge is 2.28. The first-order chi connectivity index (χ1) is 9.88. The van der Waals surface area contributed by atoms with Crippen molar-refractivity contribution >= 4 is 27.8 Å². The third-order valence-electron chi connectivity index (χ3n) is 3.67. The molecule has 1 aromatic carbocycles. The maximum absolute atomic E-state index is 12.3. The molecule has 6 heteroatoms. The van der Waals surface area contributed by atoms with Crippen LogP contribution in [0.2, 0.25) is 0 Å². The van der Waals surface area contributed by atoms with Crippen LogP contribution in [-0.2, 0) is 14.8 Å². The predicted octanol–water partition coefficient (Wildman–Crippen LogP) is 2.78. The topological polar surface area (TPSA) is 83.5 Å². The number of carbonyl (C=O) groups is 1. The van der Waals surface area contributed by atoms with Crippen molar-refractivity contribution in [2.45, 2.75) is 37.9 Å². The number of rotatable bonds is 5. The van der Waals surface area contributed by atoms with E-state index < -0.39 is 16.0 Å². The Morgan fingerprint density at radius 1 is 1.33 bits per heavy atom. The summed E-state index contributed by atoms with van der Waals surface area (Å²) in [5, 5.41) is 8.31. The van der Waals surface area contributed by atoms with Gasteiger partial charge in [-0.25, -0.2) is 13.2 Å². The van der Waals surface area contributed by atoms with E-state index in [0.29, 0.717) is 24.1 Å². The standard InChI is InChI=1S/C15H19NO4S/c1-11-6-7-12(8-9-15(17)18)10-14(11)16-21(19,20)13-4-2-3-5-13/h6-10,13,16H,2-5H2,1H3,(H,17,18)/b9-8+. The zero-order valence-corrected chi connectivity index (χ0v) is 12.7. The van der Waals surface area contributed by atoms with E-state index in [2.05, 4.69) is 4.72 Å². The van der Waals surface area contributed by atoms with Gasteiger partial charge in [0.05, 0.1) is 10.9 Å². The van der Waals surface area contributed by atoms with Crippen LogP contribution in [0.3, 0.4) is 0 Å². The minimum atomic E-state index is -3.37. The molecule has 0 unspecified atom stereocenters. The van der Waals surface area contributed by atoms with Gasteiger partial charge in [-0.3, -0.25) is 4.72 Å². The number of carboxylic acid groups (broad SMARTS) is 1. The van der Waals surface area contributed by atoms with Crippen LogP contribution in [0.15, 0.2) is 24.3 Å². The van der Waals surface area contributed by atoms with Gasteiger partial charge in [0.2, 0.25) is 10.0 Å². The Morgan fingerprint density at radius 2 is 2.00 bits per heavy atom. The SMILES string of the molecule is Cc1ccc(/C=C/C(=O)O)cc1NS(=O)(=O)C1CCCC1. The molecule has 0 aliphatic heterocycles. The molecule has 1 aliphatic carbocycles. The van der Waals surface area contributed by atoms with E-state index in [1.807, 2.05) is 6.92 Å². The Morgan fingerprint density at radius 3 is 2.62 bits per heavy atom. The number of anilines is 1. The minimum Gasteiger partial charge on any atom is -0.478 e. The Bertz CT molecular complexity index is 658. The lowest BCUT2D eigenvalue weighted by Gasteiger charge is -2.15. The average Bonchev–Trinajstić information content (AvgIpc) is 2.94. The van der Waals surface area contributed by atoms with Crippen LogP contribution < -0.4 is 4.72 Å². The Labute approximate surface area is 124 Å². The molecule has 1 saturated carbocycles. The fraction of sp³-hybridized carbons (Fsp3) is 0.400. The number of sulfonamides is 1. The Hall–Kier alpha value is -1.82. The van der Waals surface area contributed by atoms with Crippen molar-refractivity contribution in [3.05, 3.63) is 35.4 Å². The van der Waals surface area contributed by atoms with Gasteiger partial charge in [0.15, 0.2) is 0 Å². The zero-order valence-electron chi connectivity index (χ0n) is 11.9. The summed E-state index contributed by atoms with van der Waals surface area (Å²) in [7, 11) is -3.37. The van der Waals surface area contributed by atoms with E-state index in [4.69, 9.17) is 5.11 Å². The number of aryl methyl sites for hydroxylation is 1. The van der Waals surface area contributed by atoms with Gasteiger partial charge in [0, 0.05) is 6.08 Å². The number of carboxylic acids is 1.